The van der Waals surface area contributed by atoms with E-state index < -0.39 is 0 Å². The Morgan fingerprint density at radius 3 is 2.82 bits per heavy atom. The summed E-state index contributed by atoms with van der Waals surface area (Å²) in [6.45, 7) is 4.11. The van der Waals surface area contributed by atoms with Crippen LogP contribution in [0.15, 0.2) is 24.3 Å². The smallest absolute Gasteiger partial charge is 0.220 e. The van der Waals surface area contributed by atoms with Gasteiger partial charge in [-0.2, -0.15) is 0 Å². The minimum atomic E-state index is -0.178. The first kappa shape index (κ1) is 12.1. The van der Waals surface area contributed by atoms with Crippen molar-refractivity contribution in [2.45, 2.75) is 39.2 Å². The average molecular weight is 235 g/mol. The van der Waals surface area contributed by atoms with E-state index in [9.17, 15) is 9.18 Å². The Kier molecular flexibility index (Phi) is 3.18. The topological polar surface area (TPSA) is 29.1 Å². The van der Waals surface area contributed by atoms with Gasteiger partial charge in [0.2, 0.25) is 5.91 Å². The van der Waals surface area contributed by atoms with E-state index in [1.165, 1.54) is 6.07 Å². The van der Waals surface area contributed by atoms with Crippen molar-refractivity contribution in [1.29, 1.82) is 0 Å². The van der Waals surface area contributed by atoms with Crippen LogP contribution in [0.5, 0.6) is 0 Å². The van der Waals surface area contributed by atoms with Crippen molar-refractivity contribution in [1.82, 2.24) is 5.32 Å². The van der Waals surface area contributed by atoms with Crippen molar-refractivity contribution in [2.75, 3.05) is 0 Å². The van der Waals surface area contributed by atoms with Gasteiger partial charge >= 0.3 is 0 Å². The van der Waals surface area contributed by atoms with E-state index in [4.69, 9.17) is 0 Å². The maximum Gasteiger partial charge on any atom is 0.220 e. The lowest BCUT2D eigenvalue weighted by Gasteiger charge is -2.29. The van der Waals surface area contributed by atoms with Crippen LogP contribution in [-0.4, -0.2) is 11.9 Å². The molecule has 2 nitrogen and oxygen atoms in total. The normalized spacial score (nSPS) is 28.2. The highest BCUT2D eigenvalue weighted by Gasteiger charge is 2.42. The molecule has 2 unspecified atom stereocenters. The fourth-order valence-corrected chi connectivity index (χ4v) is 2.77. The molecule has 1 saturated heterocycles. The van der Waals surface area contributed by atoms with E-state index in [0.717, 1.165) is 6.42 Å². The molecule has 1 aliphatic heterocycles. The summed E-state index contributed by atoms with van der Waals surface area (Å²) in [4.78, 5) is 11.5. The molecule has 1 fully saturated rings. The SMILES string of the molecule is CCC1NC(=O)CC1(C)Cc1ccccc1F. The summed E-state index contributed by atoms with van der Waals surface area (Å²) in [5.74, 6) is -0.0985. The molecule has 1 heterocycles. The Hall–Kier alpha value is -1.38. The number of carbonyl (C=O) groups is 1. The van der Waals surface area contributed by atoms with Crippen molar-refractivity contribution >= 4 is 5.91 Å². The average Bonchev–Trinajstić information content (AvgIpc) is 2.57. The molecule has 0 radical (unpaired) electrons. The van der Waals surface area contributed by atoms with Crippen molar-refractivity contribution in [2.24, 2.45) is 5.41 Å². The van der Waals surface area contributed by atoms with Crippen LogP contribution in [0.25, 0.3) is 0 Å². The molecule has 0 spiro atoms. The summed E-state index contributed by atoms with van der Waals surface area (Å²) in [6.07, 6.45) is 1.98. The minimum Gasteiger partial charge on any atom is -0.353 e. The number of halogens is 1. The van der Waals surface area contributed by atoms with Crippen LogP contribution in [0, 0.1) is 11.2 Å². The molecule has 2 rings (SSSR count). The number of carbonyl (C=O) groups excluding carboxylic acids is 1. The summed E-state index contributed by atoms with van der Waals surface area (Å²) in [5.41, 5.74) is 0.526. The number of rotatable bonds is 3. The summed E-state index contributed by atoms with van der Waals surface area (Å²) in [5, 5.41) is 2.97. The zero-order valence-corrected chi connectivity index (χ0v) is 10.3. The predicted molar refractivity (Wildman–Crippen MR) is 65.0 cm³/mol. The van der Waals surface area contributed by atoms with Crippen LogP contribution in [-0.2, 0) is 11.2 Å². The zero-order chi connectivity index (χ0) is 12.5. The van der Waals surface area contributed by atoms with E-state index >= 15 is 0 Å². The third kappa shape index (κ3) is 2.33. The molecule has 2 atom stereocenters. The van der Waals surface area contributed by atoms with E-state index in [2.05, 4.69) is 19.2 Å². The highest BCUT2D eigenvalue weighted by Crippen LogP contribution is 2.37. The molecule has 0 aliphatic carbocycles. The van der Waals surface area contributed by atoms with Gasteiger partial charge in [-0.25, -0.2) is 4.39 Å². The Bertz CT molecular complexity index is 432. The summed E-state index contributed by atoms with van der Waals surface area (Å²) >= 11 is 0. The van der Waals surface area contributed by atoms with Crippen molar-refractivity contribution in [3.63, 3.8) is 0 Å². The molecule has 17 heavy (non-hydrogen) atoms. The van der Waals surface area contributed by atoms with Gasteiger partial charge in [0.25, 0.3) is 0 Å². The van der Waals surface area contributed by atoms with Gasteiger partial charge in [0.15, 0.2) is 0 Å². The fraction of sp³-hybridized carbons (Fsp3) is 0.500. The quantitative estimate of drug-likeness (QED) is 0.857. The van der Waals surface area contributed by atoms with Crippen LogP contribution in [0.3, 0.4) is 0 Å². The highest BCUT2D eigenvalue weighted by molar-refractivity contribution is 5.80. The molecule has 1 aliphatic rings. The molecule has 1 N–H and O–H groups in total. The van der Waals surface area contributed by atoms with Gasteiger partial charge in [0, 0.05) is 17.9 Å². The molecule has 1 amide bonds. The number of hydrogen-bond acceptors (Lipinski definition) is 1. The van der Waals surface area contributed by atoms with Gasteiger partial charge in [0.1, 0.15) is 5.82 Å². The van der Waals surface area contributed by atoms with Gasteiger partial charge in [-0.3, -0.25) is 4.79 Å². The second-order valence-corrected chi connectivity index (χ2v) is 5.13. The Morgan fingerprint density at radius 2 is 2.18 bits per heavy atom. The number of benzene rings is 1. The van der Waals surface area contributed by atoms with Crippen molar-refractivity contribution < 1.29 is 9.18 Å². The summed E-state index contributed by atoms with van der Waals surface area (Å²) < 4.78 is 13.6. The number of nitrogens with one attached hydrogen (secondary N) is 1. The second-order valence-electron chi connectivity index (χ2n) is 5.13. The number of hydrogen-bond donors (Lipinski definition) is 1. The molecule has 0 aromatic heterocycles. The maximum absolute atomic E-state index is 13.6. The minimum absolute atomic E-state index is 0.0793. The molecule has 92 valence electrons. The lowest BCUT2D eigenvalue weighted by molar-refractivity contribution is -0.119. The molecule has 0 saturated carbocycles. The van der Waals surface area contributed by atoms with Gasteiger partial charge in [-0.05, 0) is 24.5 Å². The van der Waals surface area contributed by atoms with Crippen LogP contribution < -0.4 is 5.32 Å². The third-order valence-electron chi connectivity index (χ3n) is 3.70. The van der Waals surface area contributed by atoms with E-state index in [1.807, 2.05) is 6.07 Å². The van der Waals surface area contributed by atoms with Crippen LogP contribution >= 0.6 is 0 Å². The van der Waals surface area contributed by atoms with E-state index in [1.54, 1.807) is 12.1 Å². The first-order chi connectivity index (χ1) is 8.05. The highest BCUT2D eigenvalue weighted by atomic mass is 19.1. The standard InChI is InChI=1S/C14H18FNO/c1-3-12-14(2,9-13(17)16-12)8-10-6-4-5-7-11(10)15/h4-7,12H,3,8-9H2,1-2H3,(H,16,17). The lowest BCUT2D eigenvalue weighted by Crippen LogP contribution is -2.36. The molecule has 1 aromatic rings. The second kappa shape index (κ2) is 4.47. The molecule has 1 aromatic carbocycles. The largest absolute Gasteiger partial charge is 0.353 e. The summed E-state index contributed by atoms with van der Waals surface area (Å²) in [6, 6.07) is 6.96. The monoisotopic (exact) mass is 235 g/mol. The van der Waals surface area contributed by atoms with Crippen LogP contribution in [0.4, 0.5) is 4.39 Å². The van der Waals surface area contributed by atoms with Crippen molar-refractivity contribution in [3.8, 4) is 0 Å². The van der Waals surface area contributed by atoms with Crippen LogP contribution in [0.1, 0.15) is 32.3 Å². The Balaban J connectivity index is 2.22. The first-order valence-corrected chi connectivity index (χ1v) is 6.08. The molecular formula is C14H18FNO. The summed E-state index contributed by atoms with van der Waals surface area (Å²) in [7, 11) is 0. The molecular weight excluding hydrogens is 217 g/mol. The Labute approximate surface area is 101 Å². The number of amides is 1. The Morgan fingerprint density at radius 1 is 1.47 bits per heavy atom. The van der Waals surface area contributed by atoms with Gasteiger partial charge in [-0.1, -0.05) is 32.0 Å². The molecule has 0 bridgehead atoms. The third-order valence-corrected chi connectivity index (χ3v) is 3.70. The molecule has 3 heteroatoms. The van der Waals surface area contributed by atoms with Crippen LogP contribution in [0.2, 0.25) is 0 Å². The van der Waals surface area contributed by atoms with E-state index in [0.29, 0.717) is 18.4 Å². The first-order valence-electron chi connectivity index (χ1n) is 6.08. The van der Waals surface area contributed by atoms with Gasteiger partial charge < -0.3 is 5.32 Å². The lowest BCUT2D eigenvalue weighted by atomic mass is 9.76. The van der Waals surface area contributed by atoms with Gasteiger partial charge in [-0.15, -0.1) is 0 Å². The maximum atomic E-state index is 13.6. The van der Waals surface area contributed by atoms with E-state index in [-0.39, 0.29) is 23.2 Å². The zero-order valence-electron chi connectivity index (χ0n) is 10.3. The van der Waals surface area contributed by atoms with Gasteiger partial charge in [0.05, 0.1) is 0 Å². The fourth-order valence-electron chi connectivity index (χ4n) is 2.77. The van der Waals surface area contributed by atoms with Crippen molar-refractivity contribution in [3.05, 3.63) is 35.6 Å². The predicted octanol–water partition coefficient (Wildman–Crippen LogP) is 2.67.